The lowest BCUT2D eigenvalue weighted by atomic mass is 10.1. The molecule has 1 saturated heterocycles. The first-order valence-electron chi connectivity index (χ1n) is 8.49. The molecule has 6 nitrogen and oxygen atoms in total. The molecule has 0 spiro atoms. The second kappa shape index (κ2) is 7.62. The summed E-state index contributed by atoms with van der Waals surface area (Å²) in [5.41, 5.74) is 1.57. The van der Waals surface area contributed by atoms with Gasteiger partial charge in [0, 0.05) is 10.6 Å². The normalized spacial score (nSPS) is 13.3. The summed E-state index contributed by atoms with van der Waals surface area (Å²) in [7, 11) is 0. The summed E-state index contributed by atoms with van der Waals surface area (Å²) in [6.07, 6.45) is 0. The van der Waals surface area contributed by atoms with Gasteiger partial charge < -0.3 is 10.2 Å². The Labute approximate surface area is 174 Å². The van der Waals surface area contributed by atoms with Crippen molar-refractivity contribution < 1.29 is 14.0 Å². The number of rotatable bonds is 3. The first-order chi connectivity index (χ1) is 14.0. The minimum atomic E-state index is -0.655. The van der Waals surface area contributed by atoms with Crippen LogP contribution in [-0.2, 0) is 4.79 Å². The molecule has 0 bridgehead atoms. The van der Waals surface area contributed by atoms with Crippen molar-refractivity contribution >= 4 is 34.8 Å². The summed E-state index contributed by atoms with van der Waals surface area (Å²) in [4.78, 5) is 30.6. The third-order valence-electron chi connectivity index (χ3n) is 4.35. The molecular formula is C20H12ClFN4O2S. The lowest BCUT2D eigenvalue weighted by Gasteiger charge is -2.10. The number of thiazole rings is 1. The van der Waals surface area contributed by atoms with E-state index in [1.54, 1.807) is 36.4 Å². The van der Waals surface area contributed by atoms with Gasteiger partial charge in [0.25, 0.3) is 5.91 Å². The Balaban J connectivity index is 1.83. The van der Waals surface area contributed by atoms with Crippen LogP contribution in [0.25, 0.3) is 21.7 Å². The number of carbonyl (C=O) groups is 2. The lowest BCUT2D eigenvalue weighted by molar-refractivity contribution is -0.118. The Bertz CT molecular complexity index is 1190. The van der Waals surface area contributed by atoms with Crippen LogP contribution in [0.3, 0.4) is 0 Å². The van der Waals surface area contributed by atoms with E-state index in [1.165, 1.54) is 17.0 Å². The van der Waals surface area contributed by atoms with Crippen LogP contribution in [-0.4, -0.2) is 34.9 Å². The molecule has 29 heavy (non-hydrogen) atoms. The van der Waals surface area contributed by atoms with Crippen LogP contribution in [0, 0.1) is 17.1 Å². The smallest absolute Gasteiger partial charge is 0.284 e. The van der Waals surface area contributed by atoms with E-state index >= 15 is 0 Å². The van der Waals surface area contributed by atoms with Crippen LogP contribution in [0.15, 0.2) is 42.5 Å². The van der Waals surface area contributed by atoms with Gasteiger partial charge in [0.1, 0.15) is 18.4 Å². The molecule has 1 aliphatic rings. The van der Waals surface area contributed by atoms with Crippen LogP contribution in [0.5, 0.6) is 0 Å². The second-order valence-corrected chi connectivity index (χ2v) is 7.71. The molecule has 0 aliphatic carbocycles. The molecule has 1 fully saturated rings. The summed E-state index contributed by atoms with van der Waals surface area (Å²) in [5.74, 6) is -1.28. The van der Waals surface area contributed by atoms with Crippen molar-refractivity contribution in [1.82, 2.24) is 15.2 Å². The molecule has 0 unspecified atom stereocenters. The fourth-order valence-corrected chi connectivity index (χ4v) is 4.18. The molecule has 0 radical (unpaired) electrons. The molecule has 0 atom stereocenters. The number of hydrogen-bond donors (Lipinski definition) is 1. The number of amides is 2. The molecule has 1 aliphatic heterocycles. The largest absolute Gasteiger partial charge is 0.337 e. The quantitative estimate of drug-likeness (QED) is 0.692. The number of hydrogen-bond acceptors (Lipinski definition) is 5. The van der Waals surface area contributed by atoms with Gasteiger partial charge in [0.05, 0.1) is 22.8 Å². The summed E-state index contributed by atoms with van der Waals surface area (Å²) in [6.45, 7) is 0.0797. The van der Waals surface area contributed by atoms with Crippen molar-refractivity contribution in [2.75, 3.05) is 13.2 Å². The first kappa shape index (κ1) is 19.1. The van der Waals surface area contributed by atoms with E-state index < -0.39 is 11.7 Å². The van der Waals surface area contributed by atoms with Crippen LogP contribution in [0.4, 0.5) is 4.39 Å². The Morgan fingerprint density at radius 2 is 2.10 bits per heavy atom. The van der Waals surface area contributed by atoms with Crippen molar-refractivity contribution in [1.29, 1.82) is 5.26 Å². The minimum absolute atomic E-state index is 0.0360. The maximum absolute atomic E-state index is 14.2. The van der Waals surface area contributed by atoms with E-state index in [0.717, 1.165) is 11.3 Å². The summed E-state index contributed by atoms with van der Waals surface area (Å²) in [5, 5.41) is 12.2. The molecule has 2 heterocycles. The van der Waals surface area contributed by atoms with Gasteiger partial charge in [-0.2, -0.15) is 5.26 Å². The van der Waals surface area contributed by atoms with E-state index in [-0.39, 0.29) is 29.7 Å². The molecule has 9 heteroatoms. The van der Waals surface area contributed by atoms with Crippen molar-refractivity contribution in [3.05, 3.63) is 63.9 Å². The molecule has 1 aromatic heterocycles. The van der Waals surface area contributed by atoms with Crippen molar-refractivity contribution in [2.45, 2.75) is 0 Å². The standard InChI is InChI=1S/C20H12ClFN4O2S/c21-14-3-1-2-11(6-14)17-18(12-4-5-13(8-23)15(22)7-12)29-19(25-17)20(28)26-9-16(27)24-10-26/h1-7H,9-10H2,(H,24,27). The highest BCUT2D eigenvalue weighted by Crippen LogP contribution is 2.38. The average Bonchev–Trinajstić information content (AvgIpc) is 3.34. The Kier molecular flexibility index (Phi) is 5.01. The predicted octanol–water partition coefficient (Wildman–Crippen LogP) is 3.67. The van der Waals surface area contributed by atoms with Gasteiger partial charge in [-0.1, -0.05) is 29.8 Å². The molecule has 0 saturated carbocycles. The van der Waals surface area contributed by atoms with Crippen LogP contribution in [0.1, 0.15) is 15.4 Å². The molecule has 2 aromatic carbocycles. The van der Waals surface area contributed by atoms with Crippen LogP contribution >= 0.6 is 22.9 Å². The monoisotopic (exact) mass is 426 g/mol. The topological polar surface area (TPSA) is 86.1 Å². The number of nitrogens with zero attached hydrogens (tertiary/aromatic N) is 3. The Morgan fingerprint density at radius 3 is 2.76 bits per heavy atom. The minimum Gasteiger partial charge on any atom is -0.337 e. The van der Waals surface area contributed by atoms with Gasteiger partial charge in [-0.3, -0.25) is 9.59 Å². The van der Waals surface area contributed by atoms with Gasteiger partial charge in [-0.25, -0.2) is 9.37 Å². The van der Waals surface area contributed by atoms with E-state index in [1.807, 2.05) is 0 Å². The highest BCUT2D eigenvalue weighted by atomic mass is 35.5. The number of halogens is 2. The van der Waals surface area contributed by atoms with Crippen LogP contribution in [0.2, 0.25) is 5.02 Å². The number of benzene rings is 2. The third-order valence-corrected chi connectivity index (χ3v) is 5.68. The van der Waals surface area contributed by atoms with Crippen LogP contribution < -0.4 is 5.32 Å². The van der Waals surface area contributed by atoms with Gasteiger partial charge in [-0.05, 0) is 29.8 Å². The van der Waals surface area contributed by atoms with Crippen molar-refractivity contribution in [3.63, 3.8) is 0 Å². The fraction of sp³-hybridized carbons (Fsp3) is 0.100. The number of carbonyl (C=O) groups excluding carboxylic acids is 2. The first-order valence-corrected chi connectivity index (χ1v) is 9.68. The molecular weight excluding hydrogens is 415 g/mol. The molecule has 3 aromatic rings. The Hall–Kier alpha value is -3.28. The van der Waals surface area contributed by atoms with Gasteiger partial charge in [-0.15, -0.1) is 11.3 Å². The van der Waals surface area contributed by atoms with Crippen molar-refractivity contribution in [3.8, 4) is 27.8 Å². The highest BCUT2D eigenvalue weighted by Gasteiger charge is 2.28. The summed E-state index contributed by atoms with van der Waals surface area (Å²) >= 11 is 7.20. The maximum Gasteiger partial charge on any atom is 0.284 e. The molecule has 4 rings (SSSR count). The fourth-order valence-electron chi connectivity index (χ4n) is 2.93. The van der Waals surface area contributed by atoms with E-state index in [4.69, 9.17) is 16.9 Å². The van der Waals surface area contributed by atoms with E-state index in [0.29, 0.717) is 26.7 Å². The predicted molar refractivity (Wildman–Crippen MR) is 107 cm³/mol. The lowest BCUT2D eigenvalue weighted by Crippen LogP contribution is -2.29. The average molecular weight is 427 g/mol. The summed E-state index contributed by atoms with van der Waals surface area (Å²) < 4.78 is 14.2. The second-order valence-electron chi connectivity index (χ2n) is 6.27. The molecule has 2 amide bonds. The highest BCUT2D eigenvalue weighted by molar-refractivity contribution is 7.17. The van der Waals surface area contributed by atoms with E-state index in [2.05, 4.69) is 10.3 Å². The van der Waals surface area contributed by atoms with Gasteiger partial charge in [0.15, 0.2) is 5.01 Å². The van der Waals surface area contributed by atoms with Gasteiger partial charge >= 0.3 is 0 Å². The summed E-state index contributed by atoms with van der Waals surface area (Å²) in [6, 6.07) is 13.0. The zero-order valence-electron chi connectivity index (χ0n) is 14.8. The molecule has 1 N–H and O–H groups in total. The number of nitriles is 1. The maximum atomic E-state index is 14.2. The van der Waals surface area contributed by atoms with Crippen molar-refractivity contribution in [2.24, 2.45) is 0 Å². The number of nitrogens with one attached hydrogen (secondary N) is 1. The molecule has 144 valence electrons. The van der Waals surface area contributed by atoms with Gasteiger partial charge in [0.2, 0.25) is 5.91 Å². The Morgan fingerprint density at radius 1 is 1.28 bits per heavy atom. The number of aromatic nitrogens is 1. The van der Waals surface area contributed by atoms with E-state index in [9.17, 15) is 14.0 Å². The third kappa shape index (κ3) is 3.70. The zero-order chi connectivity index (χ0) is 20.5. The SMILES string of the molecule is N#Cc1ccc(-c2sc(C(=O)N3CNC(=O)C3)nc2-c2cccc(Cl)c2)cc1F. The zero-order valence-corrected chi connectivity index (χ0v) is 16.4.